The molecule has 4 aromatic rings. The molecule has 0 radical (unpaired) electrons. The van der Waals surface area contributed by atoms with Crippen molar-refractivity contribution in [3.8, 4) is 0 Å². The van der Waals surface area contributed by atoms with E-state index in [1.165, 1.54) is 0 Å². The van der Waals surface area contributed by atoms with Crippen molar-refractivity contribution in [2.45, 2.75) is 19.8 Å². The summed E-state index contributed by atoms with van der Waals surface area (Å²) in [6, 6.07) is 25.9. The van der Waals surface area contributed by atoms with Gasteiger partial charge in [0.05, 0.1) is 5.92 Å². The lowest BCUT2D eigenvalue weighted by molar-refractivity contribution is 0.0773. The number of hydrogen-bond acceptors (Lipinski definition) is 3. The first kappa shape index (κ1) is 18.9. The van der Waals surface area contributed by atoms with Crippen LogP contribution in [0.2, 0.25) is 0 Å². The average Bonchev–Trinajstić information content (AvgIpc) is 3.19. The Labute approximate surface area is 170 Å². The highest BCUT2D eigenvalue weighted by molar-refractivity contribution is 5.97. The molecule has 0 aliphatic carbocycles. The van der Waals surface area contributed by atoms with Crippen molar-refractivity contribution < 1.29 is 9.21 Å². The van der Waals surface area contributed by atoms with E-state index in [9.17, 15) is 4.79 Å². The Morgan fingerprint density at radius 3 is 2.03 bits per heavy atom. The molecule has 3 aromatic carbocycles. The van der Waals surface area contributed by atoms with E-state index in [0.717, 1.165) is 11.1 Å². The standard InChI is InChI=1S/C25H24N2O2/c1-3-27(4-2)25(28)20-15-16-22-21(17-20)26-24(29-22)23(18-11-7-5-8-12-18)19-13-9-6-10-14-19/h5-17,23H,3-4H2,1-2H3. The smallest absolute Gasteiger partial charge is 0.253 e. The summed E-state index contributed by atoms with van der Waals surface area (Å²) < 4.78 is 6.15. The van der Waals surface area contributed by atoms with Crippen molar-refractivity contribution in [1.29, 1.82) is 0 Å². The summed E-state index contributed by atoms with van der Waals surface area (Å²) in [6.07, 6.45) is 0. The zero-order valence-electron chi connectivity index (χ0n) is 16.7. The van der Waals surface area contributed by atoms with Gasteiger partial charge in [0.1, 0.15) is 5.52 Å². The Balaban J connectivity index is 1.78. The van der Waals surface area contributed by atoms with Crippen LogP contribution in [0.5, 0.6) is 0 Å². The Morgan fingerprint density at radius 2 is 1.48 bits per heavy atom. The molecule has 1 amide bonds. The molecule has 4 rings (SSSR count). The van der Waals surface area contributed by atoms with Gasteiger partial charge in [-0.2, -0.15) is 0 Å². The van der Waals surface area contributed by atoms with Crippen molar-refractivity contribution in [3.63, 3.8) is 0 Å². The number of rotatable bonds is 6. The van der Waals surface area contributed by atoms with Crippen molar-refractivity contribution in [2.24, 2.45) is 0 Å². The molecule has 0 atom stereocenters. The minimum absolute atomic E-state index is 0.0177. The molecule has 29 heavy (non-hydrogen) atoms. The lowest BCUT2D eigenvalue weighted by Crippen LogP contribution is -2.30. The Morgan fingerprint density at radius 1 is 0.897 bits per heavy atom. The van der Waals surface area contributed by atoms with E-state index in [-0.39, 0.29) is 11.8 Å². The van der Waals surface area contributed by atoms with Crippen LogP contribution in [-0.2, 0) is 0 Å². The Hall–Kier alpha value is -3.40. The molecule has 0 saturated heterocycles. The largest absolute Gasteiger partial charge is 0.440 e. The predicted molar refractivity (Wildman–Crippen MR) is 115 cm³/mol. The van der Waals surface area contributed by atoms with E-state index in [1.54, 1.807) is 4.90 Å². The van der Waals surface area contributed by atoms with Crippen LogP contribution in [0.4, 0.5) is 0 Å². The normalized spacial score (nSPS) is 11.1. The fourth-order valence-electron chi connectivity index (χ4n) is 3.66. The molecule has 0 spiro atoms. The summed E-state index contributed by atoms with van der Waals surface area (Å²) in [5.41, 5.74) is 4.26. The fourth-order valence-corrected chi connectivity index (χ4v) is 3.66. The third kappa shape index (κ3) is 3.79. The molecule has 0 bridgehead atoms. The summed E-state index contributed by atoms with van der Waals surface area (Å²) in [6.45, 7) is 5.33. The quantitative estimate of drug-likeness (QED) is 0.442. The van der Waals surface area contributed by atoms with E-state index < -0.39 is 0 Å². The van der Waals surface area contributed by atoms with Crippen molar-refractivity contribution >= 4 is 17.0 Å². The van der Waals surface area contributed by atoms with E-state index in [1.807, 2.05) is 68.4 Å². The zero-order chi connectivity index (χ0) is 20.2. The third-order valence-corrected chi connectivity index (χ3v) is 5.21. The minimum atomic E-state index is -0.105. The molecular formula is C25H24N2O2. The molecule has 1 heterocycles. The van der Waals surface area contributed by atoms with Crippen LogP contribution in [0.3, 0.4) is 0 Å². The number of carbonyl (C=O) groups excluding carboxylic acids is 1. The number of aromatic nitrogens is 1. The van der Waals surface area contributed by atoms with Crippen LogP contribution < -0.4 is 0 Å². The Bertz CT molecular complexity index is 1060. The van der Waals surface area contributed by atoms with E-state index in [4.69, 9.17) is 9.40 Å². The van der Waals surface area contributed by atoms with Crippen LogP contribution in [0, 0.1) is 0 Å². The van der Waals surface area contributed by atoms with Crippen LogP contribution in [0.15, 0.2) is 83.3 Å². The molecule has 0 saturated carbocycles. The van der Waals surface area contributed by atoms with Gasteiger partial charge in [0.15, 0.2) is 5.58 Å². The molecule has 0 aliphatic rings. The first-order valence-corrected chi connectivity index (χ1v) is 10.0. The second-order valence-electron chi connectivity index (χ2n) is 6.97. The predicted octanol–water partition coefficient (Wildman–Crippen LogP) is 5.49. The number of oxazole rings is 1. The molecule has 0 N–H and O–H groups in total. The fraction of sp³-hybridized carbons (Fsp3) is 0.200. The summed E-state index contributed by atoms with van der Waals surface area (Å²) in [5, 5.41) is 0. The summed E-state index contributed by atoms with van der Waals surface area (Å²) in [4.78, 5) is 19.3. The highest BCUT2D eigenvalue weighted by Crippen LogP contribution is 2.33. The number of fused-ring (bicyclic) bond motifs is 1. The van der Waals surface area contributed by atoms with Crippen molar-refractivity contribution in [3.05, 3.63) is 101 Å². The van der Waals surface area contributed by atoms with Gasteiger partial charge in [0, 0.05) is 18.7 Å². The zero-order valence-corrected chi connectivity index (χ0v) is 16.7. The van der Waals surface area contributed by atoms with Gasteiger partial charge in [-0.25, -0.2) is 4.98 Å². The van der Waals surface area contributed by atoms with Gasteiger partial charge in [-0.3, -0.25) is 4.79 Å². The maximum atomic E-state index is 12.7. The third-order valence-electron chi connectivity index (χ3n) is 5.21. The van der Waals surface area contributed by atoms with Gasteiger partial charge in [0.2, 0.25) is 5.89 Å². The van der Waals surface area contributed by atoms with E-state index in [2.05, 4.69) is 24.3 Å². The maximum absolute atomic E-state index is 12.7. The number of hydrogen-bond donors (Lipinski definition) is 0. The lowest BCUT2D eigenvalue weighted by atomic mass is 9.91. The number of carbonyl (C=O) groups is 1. The highest BCUT2D eigenvalue weighted by Gasteiger charge is 2.23. The van der Waals surface area contributed by atoms with Crippen LogP contribution in [0.25, 0.3) is 11.1 Å². The van der Waals surface area contributed by atoms with Gasteiger partial charge in [-0.05, 0) is 43.2 Å². The van der Waals surface area contributed by atoms with Gasteiger partial charge in [0.25, 0.3) is 5.91 Å². The SMILES string of the molecule is CCN(CC)C(=O)c1ccc2oc(C(c3ccccc3)c3ccccc3)nc2c1. The van der Waals surface area contributed by atoms with Gasteiger partial charge < -0.3 is 9.32 Å². The first-order valence-electron chi connectivity index (χ1n) is 10.0. The maximum Gasteiger partial charge on any atom is 0.253 e. The van der Waals surface area contributed by atoms with E-state index in [0.29, 0.717) is 35.6 Å². The molecule has 4 heteroatoms. The average molecular weight is 384 g/mol. The van der Waals surface area contributed by atoms with Crippen molar-refractivity contribution in [2.75, 3.05) is 13.1 Å². The lowest BCUT2D eigenvalue weighted by Gasteiger charge is -2.18. The van der Waals surface area contributed by atoms with Gasteiger partial charge in [-0.1, -0.05) is 60.7 Å². The minimum Gasteiger partial charge on any atom is -0.440 e. The number of amides is 1. The van der Waals surface area contributed by atoms with Crippen LogP contribution in [0.1, 0.15) is 47.1 Å². The highest BCUT2D eigenvalue weighted by atomic mass is 16.3. The van der Waals surface area contributed by atoms with Crippen molar-refractivity contribution in [1.82, 2.24) is 9.88 Å². The Kier molecular flexibility index (Phi) is 5.43. The number of benzene rings is 3. The molecule has 0 unspecified atom stereocenters. The number of nitrogens with zero attached hydrogens (tertiary/aromatic N) is 2. The molecular weight excluding hydrogens is 360 g/mol. The molecule has 146 valence electrons. The first-order chi connectivity index (χ1) is 14.2. The monoisotopic (exact) mass is 384 g/mol. The van der Waals surface area contributed by atoms with E-state index >= 15 is 0 Å². The molecule has 0 fully saturated rings. The summed E-state index contributed by atoms with van der Waals surface area (Å²) >= 11 is 0. The van der Waals surface area contributed by atoms with Crippen LogP contribution in [-0.4, -0.2) is 28.9 Å². The molecule has 0 aliphatic heterocycles. The molecule has 4 nitrogen and oxygen atoms in total. The van der Waals surface area contributed by atoms with Crippen LogP contribution >= 0.6 is 0 Å². The van der Waals surface area contributed by atoms with Gasteiger partial charge >= 0.3 is 0 Å². The summed E-state index contributed by atoms with van der Waals surface area (Å²) in [5.74, 6) is 0.542. The molecule has 1 aromatic heterocycles. The topological polar surface area (TPSA) is 46.3 Å². The summed E-state index contributed by atoms with van der Waals surface area (Å²) in [7, 11) is 0. The second kappa shape index (κ2) is 8.31. The van der Waals surface area contributed by atoms with Gasteiger partial charge in [-0.15, -0.1) is 0 Å². The second-order valence-corrected chi connectivity index (χ2v) is 6.97.